The van der Waals surface area contributed by atoms with E-state index in [1.165, 1.54) is 16.7 Å². The lowest BCUT2D eigenvalue weighted by atomic mass is 10.1. The van der Waals surface area contributed by atoms with Gasteiger partial charge in [0.1, 0.15) is 4.32 Å². The van der Waals surface area contributed by atoms with Crippen LogP contribution in [0.25, 0.3) is 6.08 Å². The third-order valence-electron chi connectivity index (χ3n) is 4.42. The quantitative estimate of drug-likeness (QED) is 0.475. The molecule has 1 aromatic rings. The van der Waals surface area contributed by atoms with Gasteiger partial charge in [-0.05, 0) is 43.5 Å². The van der Waals surface area contributed by atoms with E-state index in [1.54, 1.807) is 6.08 Å². The summed E-state index contributed by atoms with van der Waals surface area (Å²) in [6, 6.07) is 5.16. The minimum absolute atomic E-state index is 0.0231. The molecule has 0 aliphatic carbocycles. The van der Waals surface area contributed by atoms with Gasteiger partial charge in [0.05, 0.1) is 35.7 Å². The summed E-state index contributed by atoms with van der Waals surface area (Å²) in [6.45, 7) is 5.04. The average molecular weight is 442 g/mol. The van der Waals surface area contributed by atoms with Gasteiger partial charge in [-0.15, -0.1) is 0 Å². The third-order valence-corrected chi connectivity index (χ3v) is 7.50. The van der Waals surface area contributed by atoms with Crippen molar-refractivity contribution in [2.24, 2.45) is 0 Å². The number of thiocarbonyl (C=S) groups is 1. The molecule has 2 saturated heterocycles. The zero-order chi connectivity index (χ0) is 20.3. The zero-order valence-corrected chi connectivity index (χ0v) is 18.3. The topological polar surface area (TPSA) is 72.9 Å². The van der Waals surface area contributed by atoms with Crippen molar-refractivity contribution in [2.45, 2.75) is 32.7 Å². The van der Waals surface area contributed by atoms with Crippen LogP contribution < -0.4 is 9.47 Å². The van der Waals surface area contributed by atoms with Crippen molar-refractivity contribution in [2.75, 3.05) is 24.7 Å². The van der Waals surface area contributed by atoms with Gasteiger partial charge >= 0.3 is 0 Å². The van der Waals surface area contributed by atoms with E-state index in [0.717, 1.165) is 12.0 Å². The van der Waals surface area contributed by atoms with Gasteiger partial charge in [-0.25, -0.2) is 8.42 Å². The first-order valence-electron chi connectivity index (χ1n) is 9.21. The molecular weight excluding hydrogens is 418 g/mol. The molecule has 0 bridgehead atoms. The Morgan fingerprint density at radius 3 is 2.71 bits per heavy atom. The highest BCUT2D eigenvalue weighted by Crippen LogP contribution is 2.37. The molecule has 1 aromatic carbocycles. The molecular formula is C19H23NO5S3. The predicted molar refractivity (Wildman–Crippen MR) is 115 cm³/mol. The Balaban J connectivity index is 1.82. The number of carbonyl (C=O) groups excluding carboxylic acids is 1. The minimum Gasteiger partial charge on any atom is -0.490 e. The Morgan fingerprint density at radius 2 is 2.07 bits per heavy atom. The SMILES string of the molecule is CCCOc1ccc(/C=C2/SC(=S)N(C3CCS(=O)(=O)C3)C2=O)cc1OCC. The van der Waals surface area contributed by atoms with Gasteiger partial charge in [0.25, 0.3) is 5.91 Å². The second-order valence-electron chi connectivity index (χ2n) is 6.60. The summed E-state index contributed by atoms with van der Waals surface area (Å²) < 4.78 is 35.3. The molecule has 6 nitrogen and oxygen atoms in total. The fourth-order valence-electron chi connectivity index (χ4n) is 3.14. The number of carbonyl (C=O) groups is 1. The van der Waals surface area contributed by atoms with E-state index >= 15 is 0 Å². The second-order valence-corrected chi connectivity index (χ2v) is 10.5. The summed E-state index contributed by atoms with van der Waals surface area (Å²) in [5, 5.41) is 0. The smallest absolute Gasteiger partial charge is 0.266 e. The molecule has 2 fully saturated rings. The van der Waals surface area contributed by atoms with Crippen LogP contribution in [0.4, 0.5) is 0 Å². The molecule has 0 N–H and O–H groups in total. The Bertz CT molecular complexity index is 910. The lowest BCUT2D eigenvalue weighted by molar-refractivity contribution is -0.123. The van der Waals surface area contributed by atoms with E-state index in [-0.39, 0.29) is 23.5 Å². The highest BCUT2D eigenvalue weighted by atomic mass is 32.2. The summed E-state index contributed by atoms with van der Waals surface area (Å²) in [5.74, 6) is 1.14. The second kappa shape index (κ2) is 8.84. The largest absolute Gasteiger partial charge is 0.490 e. The van der Waals surface area contributed by atoms with Crippen LogP contribution in [0.15, 0.2) is 23.1 Å². The Kier molecular flexibility index (Phi) is 6.67. The van der Waals surface area contributed by atoms with Crippen LogP contribution in [0, 0.1) is 0 Å². The van der Waals surface area contributed by atoms with Crippen LogP contribution in [0.1, 0.15) is 32.3 Å². The molecule has 2 aliphatic rings. The fraction of sp³-hybridized carbons (Fsp3) is 0.474. The van der Waals surface area contributed by atoms with Crippen molar-refractivity contribution in [3.8, 4) is 11.5 Å². The molecule has 152 valence electrons. The number of rotatable bonds is 7. The van der Waals surface area contributed by atoms with E-state index in [1.807, 2.05) is 32.0 Å². The van der Waals surface area contributed by atoms with Crippen molar-refractivity contribution in [3.63, 3.8) is 0 Å². The van der Waals surface area contributed by atoms with Gasteiger partial charge in [0.15, 0.2) is 21.3 Å². The molecule has 3 rings (SSSR count). The number of amides is 1. The van der Waals surface area contributed by atoms with Crippen LogP contribution in [0.2, 0.25) is 0 Å². The number of benzene rings is 1. The van der Waals surface area contributed by atoms with Crippen molar-refractivity contribution in [1.82, 2.24) is 4.90 Å². The first-order valence-corrected chi connectivity index (χ1v) is 12.3. The molecule has 9 heteroatoms. The zero-order valence-electron chi connectivity index (χ0n) is 15.8. The fourth-order valence-corrected chi connectivity index (χ4v) is 6.24. The minimum atomic E-state index is -3.09. The summed E-state index contributed by atoms with van der Waals surface area (Å²) in [5.41, 5.74) is 0.798. The van der Waals surface area contributed by atoms with Crippen LogP contribution in [-0.4, -0.2) is 54.3 Å². The van der Waals surface area contributed by atoms with Gasteiger partial charge in [0, 0.05) is 0 Å². The third kappa shape index (κ3) is 4.69. The molecule has 0 radical (unpaired) electrons. The van der Waals surface area contributed by atoms with Crippen molar-refractivity contribution in [1.29, 1.82) is 0 Å². The van der Waals surface area contributed by atoms with E-state index in [2.05, 4.69) is 0 Å². The maximum Gasteiger partial charge on any atom is 0.266 e. The molecule has 1 amide bonds. The van der Waals surface area contributed by atoms with E-state index in [9.17, 15) is 13.2 Å². The number of hydrogen-bond acceptors (Lipinski definition) is 7. The van der Waals surface area contributed by atoms with Gasteiger partial charge in [0.2, 0.25) is 0 Å². The lowest BCUT2D eigenvalue weighted by Crippen LogP contribution is -2.39. The molecule has 2 aliphatic heterocycles. The van der Waals surface area contributed by atoms with E-state index < -0.39 is 9.84 Å². The molecule has 2 heterocycles. The van der Waals surface area contributed by atoms with Crippen LogP contribution in [0.5, 0.6) is 11.5 Å². The number of nitrogens with zero attached hydrogens (tertiary/aromatic N) is 1. The molecule has 0 aromatic heterocycles. The normalized spacial score (nSPS) is 22.9. The lowest BCUT2D eigenvalue weighted by Gasteiger charge is -2.20. The first kappa shape index (κ1) is 21.1. The number of hydrogen-bond donors (Lipinski definition) is 0. The van der Waals surface area contributed by atoms with Gasteiger partial charge < -0.3 is 9.47 Å². The summed E-state index contributed by atoms with van der Waals surface area (Å²) in [4.78, 5) is 14.8. The van der Waals surface area contributed by atoms with Crippen molar-refractivity contribution >= 4 is 50.1 Å². The van der Waals surface area contributed by atoms with Crippen LogP contribution in [0.3, 0.4) is 0 Å². The number of thioether (sulfide) groups is 1. The molecule has 0 saturated carbocycles. The highest BCUT2D eigenvalue weighted by Gasteiger charge is 2.42. The Labute approximate surface area is 175 Å². The Hall–Kier alpha value is -1.58. The molecule has 1 unspecified atom stereocenters. The van der Waals surface area contributed by atoms with Crippen LogP contribution >= 0.6 is 24.0 Å². The summed E-state index contributed by atoms with van der Waals surface area (Å²) in [7, 11) is -3.09. The van der Waals surface area contributed by atoms with E-state index in [4.69, 9.17) is 21.7 Å². The molecule has 1 atom stereocenters. The Morgan fingerprint density at radius 1 is 1.29 bits per heavy atom. The van der Waals surface area contributed by atoms with Crippen molar-refractivity contribution < 1.29 is 22.7 Å². The monoisotopic (exact) mass is 441 g/mol. The van der Waals surface area contributed by atoms with Gasteiger partial charge in [-0.1, -0.05) is 37.0 Å². The first-order chi connectivity index (χ1) is 13.3. The van der Waals surface area contributed by atoms with E-state index in [0.29, 0.717) is 40.4 Å². The van der Waals surface area contributed by atoms with Gasteiger partial charge in [-0.2, -0.15) is 0 Å². The number of sulfone groups is 1. The predicted octanol–water partition coefficient (Wildman–Crippen LogP) is 3.26. The molecule has 0 spiro atoms. The van der Waals surface area contributed by atoms with Crippen LogP contribution in [-0.2, 0) is 14.6 Å². The maximum atomic E-state index is 12.8. The standard InChI is InChI=1S/C19H23NO5S3/c1-3-8-25-15-6-5-13(10-16(15)24-4-2)11-17-18(21)20(19(26)27-17)14-7-9-28(22,23)12-14/h5-6,10-11,14H,3-4,7-9,12H2,1-2H3/b17-11+. The molecule has 28 heavy (non-hydrogen) atoms. The number of ether oxygens (including phenoxy) is 2. The van der Waals surface area contributed by atoms with Crippen molar-refractivity contribution in [3.05, 3.63) is 28.7 Å². The maximum absolute atomic E-state index is 12.8. The summed E-state index contributed by atoms with van der Waals surface area (Å²) >= 11 is 6.55. The van der Waals surface area contributed by atoms with Gasteiger partial charge in [-0.3, -0.25) is 9.69 Å². The summed E-state index contributed by atoms with van der Waals surface area (Å²) in [6.07, 6.45) is 3.08. The average Bonchev–Trinajstić information content (AvgIpc) is 3.13. The highest BCUT2D eigenvalue weighted by molar-refractivity contribution is 8.26.